The van der Waals surface area contributed by atoms with Gasteiger partial charge >= 0.3 is 200 Å². The normalized spacial score (nSPS) is 11.9. The minimum absolute atomic E-state index is 0.185. The van der Waals surface area contributed by atoms with Crippen LogP contribution in [0.25, 0.3) is 0 Å². The maximum atomic E-state index is 13.0. The third-order valence-corrected chi connectivity index (χ3v) is 12.5. The molecule has 0 fully saturated rings. The summed E-state index contributed by atoms with van der Waals surface area (Å²) in [6.45, 7) is 4.85. The average molecular weight is 581 g/mol. The molecule has 0 aromatic heterocycles. The summed E-state index contributed by atoms with van der Waals surface area (Å²) < 4.78 is 39.7. The second kappa shape index (κ2) is 13.1. The van der Waals surface area contributed by atoms with Crippen molar-refractivity contribution in [3.63, 3.8) is 0 Å². The molecular formula is C27H33IO4S. The Morgan fingerprint density at radius 1 is 0.727 bits per heavy atom. The van der Waals surface area contributed by atoms with Crippen LogP contribution in [0.2, 0.25) is 0 Å². The number of unbranched alkanes of at least 4 members (excludes halogenated alkanes) is 5. The minimum atomic E-state index is -3.87. The summed E-state index contributed by atoms with van der Waals surface area (Å²) in [7, 11) is -3.87. The quantitative estimate of drug-likeness (QED) is 0.154. The van der Waals surface area contributed by atoms with Crippen molar-refractivity contribution in [1.29, 1.82) is 0 Å². The molecule has 3 rings (SSSR count). The SMILES string of the molecule is CCCCCCCCOc1ccc(I(OS(=O)(=O)c2ccc(C)cc2)c2ccccc2)cc1. The van der Waals surface area contributed by atoms with E-state index in [1.165, 1.54) is 32.1 Å². The first-order valence-electron chi connectivity index (χ1n) is 11.5. The van der Waals surface area contributed by atoms with Gasteiger partial charge in [-0.15, -0.1) is 0 Å². The van der Waals surface area contributed by atoms with Gasteiger partial charge in [-0.2, -0.15) is 0 Å². The molecule has 0 radical (unpaired) electrons. The van der Waals surface area contributed by atoms with Crippen molar-refractivity contribution >= 4 is 30.4 Å². The molecular weight excluding hydrogens is 547 g/mol. The van der Waals surface area contributed by atoms with Crippen LogP contribution in [0.3, 0.4) is 0 Å². The maximum absolute atomic E-state index is 13.0. The number of benzene rings is 3. The van der Waals surface area contributed by atoms with Crippen molar-refractivity contribution in [2.24, 2.45) is 0 Å². The molecule has 3 aromatic carbocycles. The van der Waals surface area contributed by atoms with E-state index in [0.29, 0.717) is 6.61 Å². The standard InChI is InChI=1S/C27H33IO4S/c1-3-4-5-6-7-11-22-31-26-18-16-25(17-19-26)28(24-12-9-8-10-13-24)32-33(29,30)27-20-14-23(2)15-21-27/h8-10,12-21H,3-7,11,22H2,1-2H3. The molecule has 178 valence electrons. The average Bonchev–Trinajstić information content (AvgIpc) is 2.83. The van der Waals surface area contributed by atoms with Crippen molar-refractivity contribution < 1.29 is 15.7 Å². The zero-order valence-corrected chi connectivity index (χ0v) is 22.3. The van der Waals surface area contributed by atoms with Gasteiger partial charge in [-0.3, -0.25) is 0 Å². The molecule has 0 heterocycles. The topological polar surface area (TPSA) is 52.6 Å². The van der Waals surface area contributed by atoms with E-state index in [1.54, 1.807) is 24.3 Å². The van der Waals surface area contributed by atoms with E-state index in [9.17, 15) is 8.42 Å². The van der Waals surface area contributed by atoms with Gasteiger partial charge in [0.05, 0.1) is 0 Å². The van der Waals surface area contributed by atoms with Crippen LogP contribution in [0.5, 0.6) is 5.75 Å². The number of halogens is 1. The molecule has 0 amide bonds. The van der Waals surface area contributed by atoms with Crippen LogP contribution in [0, 0.1) is 14.1 Å². The van der Waals surface area contributed by atoms with Gasteiger partial charge in [0.25, 0.3) is 0 Å². The van der Waals surface area contributed by atoms with Crippen LogP contribution in [0.15, 0.2) is 83.8 Å². The molecule has 3 aromatic rings. The van der Waals surface area contributed by atoms with E-state index >= 15 is 0 Å². The molecule has 4 nitrogen and oxygen atoms in total. The van der Waals surface area contributed by atoms with Gasteiger partial charge < -0.3 is 0 Å². The van der Waals surface area contributed by atoms with E-state index in [0.717, 1.165) is 24.9 Å². The molecule has 0 spiro atoms. The van der Waals surface area contributed by atoms with Gasteiger partial charge in [0, 0.05) is 0 Å². The molecule has 6 heteroatoms. The van der Waals surface area contributed by atoms with Crippen molar-refractivity contribution in [2.75, 3.05) is 6.61 Å². The number of aryl methyl sites for hydroxylation is 1. The zero-order valence-electron chi connectivity index (χ0n) is 19.4. The first kappa shape index (κ1) is 25.7. The third-order valence-electron chi connectivity index (χ3n) is 5.17. The van der Waals surface area contributed by atoms with Gasteiger partial charge in [-0.05, 0) is 0 Å². The summed E-state index contributed by atoms with van der Waals surface area (Å²) in [5.41, 5.74) is 1.00. The van der Waals surface area contributed by atoms with Crippen molar-refractivity contribution in [3.8, 4) is 5.75 Å². The van der Waals surface area contributed by atoms with Gasteiger partial charge in [-0.1, -0.05) is 6.92 Å². The van der Waals surface area contributed by atoms with Crippen LogP contribution < -0.4 is 4.74 Å². The predicted molar refractivity (Wildman–Crippen MR) is 143 cm³/mol. The van der Waals surface area contributed by atoms with Gasteiger partial charge in [0.2, 0.25) is 0 Å². The summed E-state index contributed by atoms with van der Waals surface area (Å²) in [4.78, 5) is 0.185. The monoisotopic (exact) mass is 580 g/mol. The van der Waals surface area contributed by atoms with E-state index < -0.39 is 30.4 Å². The fraction of sp³-hybridized carbons (Fsp3) is 0.333. The van der Waals surface area contributed by atoms with Crippen LogP contribution in [-0.2, 0) is 12.6 Å². The Labute approximate surface area is 206 Å². The molecule has 0 N–H and O–H groups in total. The van der Waals surface area contributed by atoms with Crippen molar-refractivity contribution in [2.45, 2.75) is 57.3 Å². The molecule has 33 heavy (non-hydrogen) atoms. The fourth-order valence-corrected chi connectivity index (χ4v) is 10.2. The molecule has 0 atom stereocenters. The van der Waals surface area contributed by atoms with Crippen LogP contribution in [0.4, 0.5) is 0 Å². The summed E-state index contributed by atoms with van der Waals surface area (Å²) >= 11 is -2.69. The molecule has 0 aliphatic heterocycles. The Hall–Kier alpha value is -1.90. The van der Waals surface area contributed by atoms with Gasteiger partial charge in [-0.25, -0.2) is 0 Å². The molecule has 0 saturated heterocycles. The van der Waals surface area contributed by atoms with Crippen LogP contribution in [0.1, 0.15) is 51.0 Å². The second-order valence-electron chi connectivity index (χ2n) is 7.94. The molecule has 0 aliphatic carbocycles. The van der Waals surface area contributed by atoms with E-state index in [1.807, 2.05) is 61.5 Å². The van der Waals surface area contributed by atoms with Gasteiger partial charge in [0.15, 0.2) is 0 Å². The Bertz CT molecular complexity index is 1070. The summed E-state index contributed by atoms with van der Waals surface area (Å²) in [5.74, 6) is 0.803. The zero-order chi connectivity index (χ0) is 23.5. The number of hydrogen-bond donors (Lipinski definition) is 0. The molecule has 0 bridgehead atoms. The first-order valence-corrected chi connectivity index (χ1v) is 15.9. The Morgan fingerprint density at radius 2 is 1.33 bits per heavy atom. The molecule has 0 aliphatic rings. The van der Waals surface area contributed by atoms with Gasteiger partial charge in [0.1, 0.15) is 0 Å². The predicted octanol–water partition coefficient (Wildman–Crippen LogP) is 7.60. The number of hydrogen-bond acceptors (Lipinski definition) is 4. The van der Waals surface area contributed by atoms with E-state index in [-0.39, 0.29) is 4.90 Å². The Balaban J connectivity index is 1.69. The van der Waals surface area contributed by atoms with E-state index in [2.05, 4.69) is 6.92 Å². The van der Waals surface area contributed by atoms with Crippen molar-refractivity contribution in [1.82, 2.24) is 0 Å². The van der Waals surface area contributed by atoms with Crippen LogP contribution in [-0.4, -0.2) is 15.0 Å². The number of rotatable bonds is 13. The Kier molecular flexibility index (Phi) is 10.2. The van der Waals surface area contributed by atoms with E-state index in [4.69, 9.17) is 7.25 Å². The second-order valence-corrected chi connectivity index (χ2v) is 14.4. The summed E-state index contributed by atoms with van der Waals surface area (Å²) in [6, 6.07) is 24.1. The summed E-state index contributed by atoms with van der Waals surface area (Å²) in [5, 5.41) is 0. The molecule has 0 saturated carbocycles. The third kappa shape index (κ3) is 8.12. The Morgan fingerprint density at radius 3 is 2.00 bits per heavy atom. The first-order chi connectivity index (χ1) is 16.0. The van der Waals surface area contributed by atoms with Crippen LogP contribution >= 0.6 is 20.2 Å². The molecule has 0 unspecified atom stereocenters. The number of ether oxygens (including phenoxy) is 1. The summed E-state index contributed by atoms with van der Waals surface area (Å²) in [6.07, 6.45) is 7.35. The fourth-order valence-electron chi connectivity index (χ4n) is 3.27. The van der Waals surface area contributed by atoms with Crippen molar-refractivity contribution in [3.05, 3.63) is 91.6 Å².